The molecule has 0 saturated carbocycles. The molecule has 11 heteroatoms. The standard InChI is InChI=1S/C12H20O11/c13-1-3-5(15)6(16)9(19)12(22-3)23-10-4(2-14)21-11(20)8(18)7(10)17/h3-6,9-20H,1-2H2/t3-,4-,5-,6+,9-,10-,11+,12+/m1/s1. The molecule has 0 unspecified atom stereocenters. The molecular weight excluding hydrogens is 320 g/mol. The molecule has 0 aromatic carbocycles. The summed E-state index contributed by atoms with van der Waals surface area (Å²) in [4.78, 5) is 0. The maximum Gasteiger partial charge on any atom is 0.218 e. The minimum atomic E-state index is -1.86. The summed E-state index contributed by atoms with van der Waals surface area (Å²) in [7, 11) is 0. The highest BCUT2D eigenvalue weighted by atomic mass is 16.7. The molecule has 134 valence electrons. The molecule has 2 rings (SSSR count). The summed E-state index contributed by atoms with van der Waals surface area (Å²) >= 11 is 0. The summed E-state index contributed by atoms with van der Waals surface area (Å²) in [6.07, 6.45) is -12.6. The van der Waals surface area contributed by atoms with Gasteiger partial charge >= 0.3 is 0 Å². The molecule has 23 heavy (non-hydrogen) atoms. The smallest absolute Gasteiger partial charge is 0.218 e. The average molecular weight is 340 g/mol. The van der Waals surface area contributed by atoms with Crippen LogP contribution in [0.4, 0.5) is 0 Å². The third kappa shape index (κ3) is 3.42. The Morgan fingerprint density at radius 1 is 0.783 bits per heavy atom. The second kappa shape index (κ2) is 7.25. The van der Waals surface area contributed by atoms with Crippen molar-refractivity contribution in [2.45, 2.75) is 49.2 Å². The topological polar surface area (TPSA) is 190 Å². The van der Waals surface area contributed by atoms with E-state index in [2.05, 4.69) is 0 Å². The van der Waals surface area contributed by atoms with Gasteiger partial charge in [0.15, 0.2) is 17.8 Å². The molecule has 8 atom stereocenters. The van der Waals surface area contributed by atoms with Crippen LogP contribution in [0.25, 0.3) is 0 Å². The van der Waals surface area contributed by atoms with Gasteiger partial charge in [0.05, 0.1) is 13.2 Å². The summed E-state index contributed by atoms with van der Waals surface area (Å²) in [5.74, 6) is -1.79. The van der Waals surface area contributed by atoms with E-state index in [1.807, 2.05) is 0 Å². The molecule has 2 aliphatic rings. The fourth-order valence-corrected chi connectivity index (χ4v) is 2.36. The van der Waals surface area contributed by atoms with Crippen LogP contribution in [0, 0.1) is 0 Å². The highest BCUT2D eigenvalue weighted by Crippen LogP contribution is 2.29. The number of aliphatic hydroxyl groups excluding tert-OH is 8. The summed E-state index contributed by atoms with van der Waals surface area (Å²) in [5.41, 5.74) is 0. The molecule has 0 spiro atoms. The number of rotatable bonds is 4. The lowest BCUT2D eigenvalue weighted by atomic mass is 9.99. The first kappa shape index (κ1) is 18.3. The number of hydrogen-bond acceptors (Lipinski definition) is 11. The molecule has 0 bridgehead atoms. The van der Waals surface area contributed by atoms with E-state index in [0.29, 0.717) is 0 Å². The van der Waals surface area contributed by atoms with Gasteiger partial charge in [0.2, 0.25) is 6.29 Å². The zero-order valence-electron chi connectivity index (χ0n) is 11.8. The molecule has 0 aromatic rings. The van der Waals surface area contributed by atoms with Gasteiger partial charge < -0.3 is 55.1 Å². The van der Waals surface area contributed by atoms with Crippen LogP contribution in [0.15, 0.2) is 11.5 Å². The first-order chi connectivity index (χ1) is 10.8. The molecular formula is C12H20O11. The van der Waals surface area contributed by atoms with Gasteiger partial charge in [-0.15, -0.1) is 0 Å². The molecule has 0 aliphatic carbocycles. The monoisotopic (exact) mass is 340 g/mol. The molecule has 0 aromatic heterocycles. The first-order valence-electron chi connectivity index (χ1n) is 6.84. The van der Waals surface area contributed by atoms with E-state index in [9.17, 15) is 35.7 Å². The third-order valence-corrected chi connectivity index (χ3v) is 3.72. The van der Waals surface area contributed by atoms with Crippen LogP contribution in [0.2, 0.25) is 0 Å². The van der Waals surface area contributed by atoms with Crippen molar-refractivity contribution in [1.29, 1.82) is 0 Å². The third-order valence-electron chi connectivity index (χ3n) is 3.72. The number of aliphatic hydroxyl groups is 8. The van der Waals surface area contributed by atoms with Crippen LogP contribution in [0.1, 0.15) is 0 Å². The highest BCUT2D eigenvalue weighted by Gasteiger charge is 2.47. The van der Waals surface area contributed by atoms with E-state index in [1.54, 1.807) is 0 Å². The Bertz CT molecular complexity index is 439. The van der Waals surface area contributed by atoms with Crippen molar-refractivity contribution in [2.24, 2.45) is 0 Å². The van der Waals surface area contributed by atoms with E-state index in [4.69, 9.17) is 19.3 Å². The second-order valence-electron chi connectivity index (χ2n) is 5.23. The van der Waals surface area contributed by atoms with Crippen LogP contribution in [0.5, 0.6) is 0 Å². The van der Waals surface area contributed by atoms with Gasteiger partial charge in [0.25, 0.3) is 0 Å². The Kier molecular flexibility index (Phi) is 5.78. The Morgan fingerprint density at radius 2 is 1.39 bits per heavy atom. The van der Waals surface area contributed by atoms with E-state index < -0.39 is 73.9 Å². The molecule has 1 saturated heterocycles. The molecule has 8 N–H and O–H groups in total. The molecule has 2 aliphatic heterocycles. The van der Waals surface area contributed by atoms with E-state index >= 15 is 0 Å². The highest BCUT2D eigenvalue weighted by molar-refractivity contribution is 5.13. The minimum Gasteiger partial charge on any atom is -0.506 e. The van der Waals surface area contributed by atoms with Crippen LogP contribution < -0.4 is 0 Å². The van der Waals surface area contributed by atoms with Gasteiger partial charge in [-0.3, -0.25) is 0 Å². The zero-order chi connectivity index (χ0) is 17.3. The van der Waals surface area contributed by atoms with Crippen LogP contribution >= 0.6 is 0 Å². The van der Waals surface area contributed by atoms with Gasteiger partial charge in [-0.05, 0) is 0 Å². The summed E-state index contributed by atoms with van der Waals surface area (Å²) in [6.45, 7) is -1.39. The molecule has 1 fully saturated rings. The first-order valence-corrected chi connectivity index (χ1v) is 6.84. The molecule has 11 nitrogen and oxygen atoms in total. The molecule has 0 amide bonds. The van der Waals surface area contributed by atoms with Crippen LogP contribution in [0.3, 0.4) is 0 Å². The second-order valence-corrected chi connectivity index (χ2v) is 5.23. The lowest BCUT2D eigenvalue weighted by Gasteiger charge is -2.42. The van der Waals surface area contributed by atoms with Crippen LogP contribution in [-0.2, 0) is 14.2 Å². The maximum atomic E-state index is 9.86. The maximum absolute atomic E-state index is 9.86. The van der Waals surface area contributed by atoms with Crippen molar-refractivity contribution in [1.82, 2.24) is 0 Å². The Balaban J connectivity index is 2.18. The normalized spacial score (nSPS) is 45.3. The SMILES string of the molecule is OC[C@H]1O[C@@H](O[C@H]2C(O)=C(O)[C@@H](O)O[C@@H]2CO)[C@H](O)[C@@H](O)[C@@H]1O. The summed E-state index contributed by atoms with van der Waals surface area (Å²) < 4.78 is 15.1. The lowest BCUT2D eigenvalue weighted by molar-refractivity contribution is -0.324. The van der Waals surface area contributed by atoms with Gasteiger partial charge in [-0.1, -0.05) is 0 Å². The molecule has 2 heterocycles. The number of ether oxygens (including phenoxy) is 3. The predicted molar refractivity (Wildman–Crippen MR) is 68.9 cm³/mol. The average Bonchev–Trinajstić information content (AvgIpc) is 2.55. The van der Waals surface area contributed by atoms with Gasteiger partial charge in [0.1, 0.15) is 36.6 Å². The van der Waals surface area contributed by atoms with Crippen molar-refractivity contribution in [3.8, 4) is 0 Å². The van der Waals surface area contributed by atoms with E-state index in [1.165, 1.54) is 0 Å². The van der Waals surface area contributed by atoms with Gasteiger partial charge in [0, 0.05) is 0 Å². The Hall–Kier alpha value is -1.02. The summed E-state index contributed by atoms with van der Waals surface area (Å²) in [6, 6.07) is 0. The Morgan fingerprint density at radius 3 is 1.96 bits per heavy atom. The van der Waals surface area contributed by atoms with Gasteiger partial charge in [-0.2, -0.15) is 0 Å². The fraction of sp³-hybridized carbons (Fsp3) is 0.833. The van der Waals surface area contributed by atoms with Crippen molar-refractivity contribution in [3.63, 3.8) is 0 Å². The lowest BCUT2D eigenvalue weighted by Crippen LogP contribution is -2.60. The van der Waals surface area contributed by atoms with Crippen molar-refractivity contribution in [3.05, 3.63) is 11.5 Å². The van der Waals surface area contributed by atoms with Crippen LogP contribution in [-0.4, -0.2) is 103 Å². The Labute approximate surface area is 130 Å². The van der Waals surface area contributed by atoms with E-state index in [-0.39, 0.29) is 0 Å². The van der Waals surface area contributed by atoms with Crippen molar-refractivity contribution < 1.29 is 55.1 Å². The van der Waals surface area contributed by atoms with Crippen molar-refractivity contribution in [2.75, 3.05) is 13.2 Å². The van der Waals surface area contributed by atoms with E-state index in [0.717, 1.165) is 0 Å². The minimum absolute atomic E-state index is 0.679. The fourth-order valence-electron chi connectivity index (χ4n) is 2.36. The largest absolute Gasteiger partial charge is 0.506 e. The number of hydrogen-bond donors (Lipinski definition) is 8. The van der Waals surface area contributed by atoms with Gasteiger partial charge in [-0.25, -0.2) is 0 Å². The zero-order valence-corrected chi connectivity index (χ0v) is 11.8. The molecule has 0 radical (unpaired) electrons. The quantitative estimate of drug-likeness (QED) is 0.250. The summed E-state index contributed by atoms with van der Waals surface area (Å²) in [5, 5.41) is 76.1. The predicted octanol–water partition coefficient (Wildman–Crippen LogP) is -3.79. The van der Waals surface area contributed by atoms with Crippen molar-refractivity contribution >= 4 is 0 Å².